The van der Waals surface area contributed by atoms with Gasteiger partial charge in [0.15, 0.2) is 0 Å². The highest BCUT2D eigenvalue weighted by atomic mass is 19.1. The second kappa shape index (κ2) is 11.8. The minimum atomic E-state index is -0.790. The van der Waals surface area contributed by atoms with Crippen molar-refractivity contribution in [1.82, 2.24) is 10.7 Å². The van der Waals surface area contributed by atoms with Crippen molar-refractivity contribution in [1.29, 1.82) is 0 Å². The first kappa shape index (κ1) is 25.4. The Morgan fingerprint density at radius 1 is 1.00 bits per heavy atom. The monoisotopic (exact) mass is 495 g/mol. The SMILES string of the molecule is O=C(CCNC(=O)c1ccccc1F)NN=Cc1cccc(Oc2ccc([N+](=O)[O-])cc2[N+](=O)[O-])c1. The number of ether oxygens (including phenoxy) is 1. The number of nitro groups is 2. The van der Waals surface area contributed by atoms with E-state index < -0.39 is 38.9 Å². The summed E-state index contributed by atoms with van der Waals surface area (Å²) in [6, 6.07) is 14.7. The molecule has 0 unspecified atom stereocenters. The van der Waals surface area contributed by atoms with Gasteiger partial charge in [-0.15, -0.1) is 0 Å². The van der Waals surface area contributed by atoms with E-state index >= 15 is 0 Å². The van der Waals surface area contributed by atoms with E-state index in [4.69, 9.17) is 4.74 Å². The molecule has 0 heterocycles. The summed E-state index contributed by atoms with van der Waals surface area (Å²) in [6.07, 6.45) is 1.19. The predicted octanol–water partition coefficient (Wildman–Crippen LogP) is 3.70. The van der Waals surface area contributed by atoms with Gasteiger partial charge in [0.2, 0.25) is 11.7 Å². The zero-order valence-corrected chi connectivity index (χ0v) is 18.4. The number of nitrogens with zero attached hydrogens (tertiary/aromatic N) is 3. The smallest absolute Gasteiger partial charge is 0.318 e. The van der Waals surface area contributed by atoms with Crippen molar-refractivity contribution in [3.8, 4) is 11.5 Å². The van der Waals surface area contributed by atoms with Crippen LogP contribution in [-0.2, 0) is 4.79 Å². The Bertz CT molecular complexity index is 1350. The van der Waals surface area contributed by atoms with Gasteiger partial charge in [-0.3, -0.25) is 29.8 Å². The number of carbonyl (C=O) groups is 2. The summed E-state index contributed by atoms with van der Waals surface area (Å²) in [5.74, 6) is -1.81. The van der Waals surface area contributed by atoms with Crippen LogP contribution in [0.5, 0.6) is 11.5 Å². The average molecular weight is 495 g/mol. The van der Waals surface area contributed by atoms with E-state index in [-0.39, 0.29) is 30.0 Å². The van der Waals surface area contributed by atoms with Crippen LogP contribution in [0.4, 0.5) is 15.8 Å². The lowest BCUT2D eigenvalue weighted by Crippen LogP contribution is -2.29. The first-order valence-corrected chi connectivity index (χ1v) is 10.3. The molecule has 3 rings (SSSR count). The highest BCUT2D eigenvalue weighted by Gasteiger charge is 2.21. The van der Waals surface area contributed by atoms with Crippen LogP contribution in [0, 0.1) is 26.0 Å². The number of amides is 2. The molecule has 0 radical (unpaired) electrons. The molecule has 0 aliphatic carbocycles. The molecule has 2 N–H and O–H groups in total. The van der Waals surface area contributed by atoms with Gasteiger partial charge in [-0.25, -0.2) is 9.82 Å². The number of hydrogen-bond acceptors (Lipinski definition) is 8. The van der Waals surface area contributed by atoms with Crippen molar-refractivity contribution in [3.63, 3.8) is 0 Å². The molecular weight excluding hydrogens is 477 g/mol. The number of non-ortho nitro benzene ring substituents is 1. The van der Waals surface area contributed by atoms with E-state index in [1.807, 2.05) is 0 Å². The second-order valence-corrected chi connectivity index (χ2v) is 7.12. The molecule has 0 fully saturated rings. The third-order valence-electron chi connectivity index (χ3n) is 4.59. The predicted molar refractivity (Wildman–Crippen MR) is 125 cm³/mol. The summed E-state index contributed by atoms with van der Waals surface area (Å²) in [5, 5.41) is 28.4. The number of nitro benzene ring substituents is 2. The number of carbonyl (C=O) groups excluding carboxylic acids is 2. The van der Waals surface area contributed by atoms with Gasteiger partial charge < -0.3 is 10.1 Å². The van der Waals surface area contributed by atoms with E-state index in [1.165, 1.54) is 36.5 Å². The Balaban J connectivity index is 1.54. The lowest BCUT2D eigenvalue weighted by molar-refractivity contribution is -0.394. The number of hydrogen-bond donors (Lipinski definition) is 2. The first-order valence-electron chi connectivity index (χ1n) is 10.3. The van der Waals surface area contributed by atoms with E-state index in [0.29, 0.717) is 5.56 Å². The van der Waals surface area contributed by atoms with Crippen LogP contribution in [0.25, 0.3) is 0 Å². The molecule has 0 aliphatic rings. The van der Waals surface area contributed by atoms with Gasteiger partial charge in [0.1, 0.15) is 11.6 Å². The van der Waals surface area contributed by atoms with Gasteiger partial charge in [-0.2, -0.15) is 5.10 Å². The largest absolute Gasteiger partial charge is 0.450 e. The summed E-state index contributed by atoms with van der Waals surface area (Å²) in [7, 11) is 0. The van der Waals surface area contributed by atoms with Crippen LogP contribution >= 0.6 is 0 Å². The number of nitrogens with one attached hydrogen (secondary N) is 2. The summed E-state index contributed by atoms with van der Waals surface area (Å²) in [5.41, 5.74) is 1.61. The molecule has 3 aromatic rings. The molecule has 0 aliphatic heterocycles. The molecule has 0 atom stereocenters. The number of hydrazone groups is 1. The maximum Gasteiger partial charge on any atom is 0.318 e. The summed E-state index contributed by atoms with van der Waals surface area (Å²) >= 11 is 0. The standard InChI is InChI=1S/C23H18FN5O7/c24-19-7-2-1-6-18(19)23(31)25-11-10-22(30)27-26-14-15-4-3-5-17(12-15)36-21-9-8-16(28(32)33)13-20(21)29(34)35/h1-9,12-14H,10-11H2,(H,25,31)(H,27,30). The number of benzene rings is 3. The Morgan fingerprint density at radius 3 is 2.50 bits per heavy atom. The molecule has 12 nitrogen and oxygen atoms in total. The molecule has 3 aromatic carbocycles. The van der Waals surface area contributed by atoms with Crippen LogP contribution in [0.3, 0.4) is 0 Å². The van der Waals surface area contributed by atoms with Gasteiger partial charge in [0.05, 0.1) is 27.7 Å². The summed E-state index contributed by atoms with van der Waals surface area (Å²) < 4.78 is 19.1. The lowest BCUT2D eigenvalue weighted by atomic mass is 10.2. The highest BCUT2D eigenvalue weighted by Crippen LogP contribution is 2.34. The van der Waals surface area contributed by atoms with E-state index in [9.17, 15) is 34.2 Å². The van der Waals surface area contributed by atoms with Crippen molar-refractivity contribution < 1.29 is 28.6 Å². The Kier molecular flexibility index (Phi) is 8.32. The van der Waals surface area contributed by atoms with Gasteiger partial charge >= 0.3 is 5.69 Å². The van der Waals surface area contributed by atoms with Crippen molar-refractivity contribution in [3.05, 3.63) is 104 Å². The van der Waals surface area contributed by atoms with Crippen molar-refractivity contribution in [2.45, 2.75) is 6.42 Å². The molecule has 2 amide bonds. The minimum Gasteiger partial charge on any atom is -0.450 e. The Morgan fingerprint density at radius 2 is 1.78 bits per heavy atom. The third kappa shape index (κ3) is 6.90. The molecular formula is C23H18FN5O7. The molecule has 13 heteroatoms. The molecule has 0 bridgehead atoms. The van der Waals surface area contributed by atoms with Crippen LogP contribution in [0.15, 0.2) is 71.8 Å². The van der Waals surface area contributed by atoms with Crippen molar-refractivity contribution >= 4 is 29.4 Å². The molecule has 184 valence electrons. The normalized spacial score (nSPS) is 10.6. The molecule has 0 spiro atoms. The fourth-order valence-electron chi connectivity index (χ4n) is 2.90. The molecule has 36 heavy (non-hydrogen) atoms. The third-order valence-corrected chi connectivity index (χ3v) is 4.59. The van der Waals surface area contributed by atoms with E-state index in [1.54, 1.807) is 12.1 Å². The minimum absolute atomic E-state index is 0.0359. The Hall–Kier alpha value is -5.20. The van der Waals surface area contributed by atoms with E-state index in [0.717, 1.165) is 24.3 Å². The molecule has 0 aromatic heterocycles. The van der Waals surface area contributed by atoms with Crippen molar-refractivity contribution in [2.75, 3.05) is 6.54 Å². The summed E-state index contributed by atoms with van der Waals surface area (Å²) in [4.78, 5) is 44.4. The van der Waals surface area contributed by atoms with Gasteiger partial charge in [-0.05, 0) is 35.9 Å². The van der Waals surface area contributed by atoms with Crippen LogP contribution < -0.4 is 15.5 Å². The van der Waals surface area contributed by atoms with Crippen molar-refractivity contribution in [2.24, 2.45) is 5.10 Å². The van der Waals surface area contributed by atoms with Gasteiger partial charge in [-0.1, -0.05) is 24.3 Å². The second-order valence-electron chi connectivity index (χ2n) is 7.12. The van der Waals surface area contributed by atoms with Crippen LogP contribution in [-0.4, -0.2) is 34.4 Å². The average Bonchev–Trinajstić information content (AvgIpc) is 2.84. The number of halogens is 1. The fraction of sp³-hybridized carbons (Fsp3) is 0.0870. The summed E-state index contributed by atoms with van der Waals surface area (Å²) in [6.45, 7) is -0.0359. The molecule has 0 saturated heterocycles. The number of rotatable bonds is 10. The molecule has 0 saturated carbocycles. The van der Waals surface area contributed by atoms with Gasteiger partial charge in [0, 0.05) is 19.0 Å². The zero-order chi connectivity index (χ0) is 26.1. The van der Waals surface area contributed by atoms with Crippen LogP contribution in [0.1, 0.15) is 22.3 Å². The highest BCUT2D eigenvalue weighted by molar-refractivity contribution is 5.94. The zero-order valence-electron chi connectivity index (χ0n) is 18.4. The fourth-order valence-corrected chi connectivity index (χ4v) is 2.90. The van der Waals surface area contributed by atoms with Crippen LogP contribution in [0.2, 0.25) is 0 Å². The maximum absolute atomic E-state index is 13.6. The maximum atomic E-state index is 13.6. The lowest BCUT2D eigenvalue weighted by Gasteiger charge is -2.07. The quantitative estimate of drug-likeness (QED) is 0.246. The first-order chi connectivity index (χ1) is 17.2. The topological polar surface area (TPSA) is 166 Å². The van der Waals surface area contributed by atoms with E-state index in [2.05, 4.69) is 15.8 Å². The van der Waals surface area contributed by atoms with Gasteiger partial charge in [0.25, 0.3) is 11.6 Å². The Labute approximate surface area is 202 Å².